The molecule has 0 spiro atoms. The fourth-order valence-electron chi connectivity index (χ4n) is 2.53. The summed E-state index contributed by atoms with van der Waals surface area (Å²) in [5.74, 6) is 0.323. The Kier molecular flexibility index (Phi) is 11.1. The summed E-state index contributed by atoms with van der Waals surface area (Å²) in [5.41, 5.74) is 0. The first kappa shape index (κ1) is 24.6. The first-order valence-corrected chi connectivity index (χ1v) is 12.6. The van der Waals surface area contributed by atoms with E-state index in [0.717, 1.165) is 25.7 Å². The minimum atomic E-state index is -3.98. The molecule has 0 radical (unpaired) electrons. The molecule has 5 nitrogen and oxygen atoms in total. The third kappa shape index (κ3) is 8.60. The van der Waals surface area contributed by atoms with E-state index >= 15 is 0 Å². The zero-order chi connectivity index (χ0) is 20.4. The number of amides is 1. The van der Waals surface area contributed by atoms with Gasteiger partial charge in [0.1, 0.15) is 10.9 Å². The monoisotopic (exact) mass is 454 g/mol. The number of hydrogen-bond acceptors (Lipinski definition) is 4. The van der Waals surface area contributed by atoms with Crippen molar-refractivity contribution in [3.05, 3.63) is 28.2 Å². The van der Waals surface area contributed by atoms with Crippen LogP contribution in [-0.2, 0) is 14.8 Å². The van der Waals surface area contributed by atoms with Gasteiger partial charge in [-0.2, -0.15) is 16.5 Å². The zero-order valence-corrected chi connectivity index (χ0v) is 19.1. The summed E-state index contributed by atoms with van der Waals surface area (Å²) < 4.78 is 28.0. The van der Waals surface area contributed by atoms with Gasteiger partial charge in [-0.15, -0.1) is 0 Å². The Labute approximate surface area is 177 Å². The molecule has 0 aromatic heterocycles. The molecule has 0 saturated heterocycles. The van der Waals surface area contributed by atoms with E-state index in [9.17, 15) is 13.2 Å². The van der Waals surface area contributed by atoms with Gasteiger partial charge in [-0.05, 0) is 50.0 Å². The summed E-state index contributed by atoms with van der Waals surface area (Å²) >= 11 is 13.5. The quantitative estimate of drug-likeness (QED) is 0.456. The lowest BCUT2D eigenvalue weighted by Crippen LogP contribution is -2.49. The SMILES string of the molecule is CCCCCC(C)NC(=O)C(CCSC)NS(=O)(=O)c1cc(Cl)ccc1Cl. The number of thioether (sulfide) groups is 1. The molecule has 0 heterocycles. The van der Waals surface area contributed by atoms with Crippen LogP contribution >= 0.6 is 35.0 Å². The molecule has 1 aromatic rings. The summed E-state index contributed by atoms with van der Waals surface area (Å²) in [4.78, 5) is 12.5. The van der Waals surface area contributed by atoms with Crippen molar-refractivity contribution in [3.8, 4) is 0 Å². The van der Waals surface area contributed by atoms with E-state index in [1.807, 2.05) is 13.2 Å². The predicted octanol–water partition coefficient (Wildman–Crippen LogP) is 4.48. The van der Waals surface area contributed by atoms with Crippen molar-refractivity contribution in [1.82, 2.24) is 10.0 Å². The Hall–Kier alpha value is -0.470. The van der Waals surface area contributed by atoms with Crippen molar-refractivity contribution in [2.75, 3.05) is 12.0 Å². The number of rotatable bonds is 12. The van der Waals surface area contributed by atoms with Crippen LogP contribution in [0.5, 0.6) is 0 Å². The minimum Gasteiger partial charge on any atom is -0.352 e. The topological polar surface area (TPSA) is 75.3 Å². The lowest BCUT2D eigenvalue weighted by Gasteiger charge is -2.21. The first-order valence-electron chi connectivity index (χ1n) is 8.98. The van der Waals surface area contributed by atoms with E-state index in [0.29, 0.717) is 12.2 Å². The second kappa shape index (κ2) is 12.2. The average Bonchev–Trinajstić information content (AvgIpc) is 2.60. The van der Waals surface area contributed by atoms with Crippen LogP contribution in [0.1, 0.15) is 46.0 Å². The Bertz CT molecular complexity index is 715. The molecule has 0 fully saturated rings. The molecule has 27 heavy (non-hydrogen) atoms. The van der Waals surface area contributed by atoms with Crippen LogP contribution in [0.4, 0.5) is 0 Å². The number of hydrogen-bond donors (Lipinski definition) is 2. The van der Waals surface area contributed by atoms with Gasteiger partial charge in [0.2, 0.25) is 15.9 Å². The van der Waals surface area contributed by atoms with E-state index in [4.69, 9.17) is 23.2 Å². The third-order valence-electron chi connectivity index (χ3n) is 4.04. The Morgan fingerprint density at radius 1 is 1.22 bits per heavy atom. The molecule has 0 aliphatic heterocycles. The van der Waals surface area contributed by atoms with Gasteiger partial charge in [-0.1, -0.05) is 49.4 Å². The normalized spacial score (nSPS) is 14.0. The van der Waals surface area contributed by atoms with Crippen LogP contribution in [0.15, 0.2) is 23.1 Å². The molecule has 2 atom stereocenters. The Morgan fingerprint density at radius 2 is 1.93 bits per heavy atom. The highest BCUT2D eigenvalue weighted by atomic mass is 35.5. The van der Waals surface area contributed by atoms with Gasteiger partial charge >= 0.3 is 0 Å². The van der Waals surface area contributed by atoms with Gasteiger partial charge in [0.05, 0.1) is 5.02 Å². The highest BCUT2D eigenvalue weighted by Crippen LogP contribution is 2.25. The lowest BCUT2D eigenvalue weighted by molar-refractivity contribution is -0.123. The van der Waals surface area contributed by atoms with Gasteiger partial charge in [-0.25, -0.2) is 8.42 Å². The fourth-order valence-corrected chi connectivity index (χ4v) is 4.99. The third-order valence-corrected chi connectivity index (χ3v) is 6.87. The molecule has 9 heteroatoms. The van der Waals surface area contributed by atoms with Crippen LogP contribution in [0.3, 0.4) is 0 Å². The van der Waals surface area contributed by atoms with Crippen molar-refractivity contribution in [3.63, 3.8) is 0 Å². The van der Waals surface area contributed by atoms with Gasteiger partial charge < -0.3 is 5.32 Å². The summed E-state index contributed by atoms with van der Waals surface area (Å²) in [5, 5.41) is 3.23. The molecule has 1 amide bonds. The number of carbonyl (C=O) groups excluding carboxylic acids is 1. The minimum absolute atomic E-state index is 0.0138. The second-order valence-electron chi connectivity index (χ2n) is 6.44. The van der Waals surface area contributed by atoms with Crippen molar-refractivity contribution in [2.45, 2.75) is 62.9 Å². The predicted molar refractivity (Wildman–Crippen MR) is 115 cm³/mol. The molecular weight excluding hydrogens is 427 g/mol. The van der Waals surface area contributed by atoms with E-state index < -0.39 is 16.1 Å². The van der Waals surface area contributed by atoms with Gasteiger partial charge in [0.25, 0.3) is 0 Å². The molecule has 0 aliphatic rings. The maximum absolute atomic E-state index is 12.7. The number of benzene rings is 1. The first-order chi connectivity index (χ1) is 12.7. The number of halogens is 2. The van der Waals surface area contributed by atoms with Crippen LogP contribution in [0.2, 0.25) is 10.0 Å². The fraction of sp³-hybridized carbons (Fsp3) is 0.611. The molecule has 154 valence electrons. The van der Waals surface area contributed by atoms with Crippen molar-refractivity contribution < 1.29 is 13.2 Å². The zero-order valence-electron chi connectivity index (χ0n) is 15.9. The molecule has 2 unspecified atom stereocenters. The standard InChI is InChI=1S/C18H28Cl2N2O3S2/c1-4-5-6-7-13(2)21-18(23)16(10-11-26-3)22-27(24,25)17-12-14(19)8-9-15(17)20/h8-9,12-13,16,22H,4-7,10-11H2,1-3H3,(H,21,23). The summed E-state index contributed by atoms with van der Waals surface area (Å²) in [6.45, 7) is 4.05. The number of nitrogens with one attached hydrogen (secondary N) is 2. The van der Waals surface area contributed by atoms with Crippen LogP contribution in [0, 0.1) is 0 Å². The summed E-state index contributed by atoms with van der Waals surface area (Å²) in [6.07, 6.45) is 6.39. The van der Waals surface area contributed by atoms with E-state index in [2.05, 4.69) is 17.0 Å². The molecular formula is C18H28Cl2N2O3S2. The second-order valence-corrected chi connectivity index (χ2v) is 9.95. The van der Waals surface area contributed by atoms with Crippen molar-refractivity contribution in [2.24, 2.45) is 0 Å². The van der Waals surface area contributed by atoms with Crippen LogP contribution < -0.4 is 10.0 Å². The van der Waals surface area contributed by atoms with Crippen LogP contribution in [0.25, 0.3) is 0 Å². The average molecular weight is 455 g/mol. The molecule has 2 N–H and O–H groups in total. The van der Waals surface area contributed by atoms with Gasteiger partial charge in [-0.3, -0.25) is 4.79 Å². The number of sulfonamides is 1. The van der Waals surface area contributed by atoms with Crippen LogP contribution in [-0.4, -0.2) is 38.4 Å². The molecule has 0 bridgehead atoms. The molecule has 1 aromatic carbocycles. The van der Waals surface area contributed by atoms with Crippen molar-refractivity contribution >= 4 is 50.9 Å². The van der Waals surface area contributed by atoms with E-state index in [-0.39, 0.29) is 26.9 Å². The van der Waals surface area contributed by atoms with E-state index in [1.54, 1.807) is 11.8 Å². The highest BCUT2D eigenvalue weighted by Gasteiger charge is 2.27. The van der Waals surface area contributed by atoms with Crippen molar-refractivity contribution in [1.29, 1.82) is 0 Å². The summed E-state index contributed by atoms with van der Waals surface area (Å²) in [6, 6.07) is 3.33. The maximum Gasteiger partial charge on any atom is 0.242 e. The lowest BCUT2D eigenvalue weighted by atomic mass is 10.1. The maximum atomic E-state index is 12.7. The largest absolute Gasteiger partial charge is 0.352 e. The number of carbonyl (C=O) groups is 1. The highest BCUT2D eigenvalue weighted by molar-refractivity contribution is 7.98. The Morgan fingerprint density at radius 3 is 2.56 bits per heavy atom. The van der Waals surface area contributed by atoms with Gasteiger partial charge in [0, 0.05) is 11.1 Å². The number of unbranched alkanes of at least 4 members (excludes halogenated alkanes) is 2. The molecule has 0 aliphatic carbocycles. The van der Waals surface area contributed by atoms with E-state index in [1.165, 1.54) is 18.2 Å². The smallest absolute Gasteiger partial charge is 0.242 e. The van der Waals surface area contributed by atoms with Gasteiger partial charge in [0.15, 0.2) is 0 Å². The summed E-state index contributed by atoms with van der Waals surface area (Å²) in [7, 11) is -3.98. The Balaban J connectivity index is 2.89. The molecule has 1 rings (SSSR count). The molecule has 0 saturated carbocycles.